The summed E-state index contributed by atoms with van der Waals surface area (Å²) >= 11 is 6.81. The zero-order chi connectivity index (χ0) is 33.9. The maximum absolute atomic E-state index is 13.9. The highest BCUT2D eigenvalue weighted by Gasteiger charge is 2.33. The smallest absolute Gasteiger partial charge is 0.333 e. The molecule has 0 spiro atoms. The summed E-state index contributed by atoms with van der Waals surface area (Å²) in [6.07, 6.45) is 15.6. The predicted octanol–water partition coefficient (Wildman–Crippen LogP) is 8.58. The molecular formula is C40H52ClN3O4. The van der Waals surface area contributed by atoms with Gasteiger partial charge in [0.1, 0.15) is 5.82 Å². The van der Waals surface area contributed by atoms with Crippen molar-refractivity contribution in [2.24, 2.45) is 11.8 Å². The van der Waals surface area contributed by atoms with Crippen LogP contribution < -0.4 is 5.32 Å². The van der Waals surface area contributed by atoms with Gasteiger partial charge in [-0.15, -0.1) is 0 Å². The summed E-state index contributed by atoms with van der Waals surface area (Å²) in [6.45, 7) is 2.55. The van der Waals surface area contributed by atoms with Gasteiger partial charge in [0.15, 0.2) is 5.15 Å². The molecule has 0 saturated heterocycles. The van der Waals surface area contributed by atoms with E-state index in [1.165, 1.54) is 26.4 Å². The molecule has 1 aromatic heterocycles. The second kappa shape index (κ2) is 17.8. The van der Waals surface area contributed by atoms with E-state index in [2.05, 4.69) is 41.1 Å². The number of methoxy groups -OCH3 is 1. The minimum atomic E-state index is -0.450. The third kappa shape index (κ3) is 9.17. The van der Waals surface area contributed by atoms with Crippen LogP contribution in [0.15, 0.2) is 60.2 Å². The number of benzene rings is 2. The van der Waals surface area contributed by atoms with Crippen molar-refractivity contribution < 1.29 is 19.4 Å². The van der Waals surface area contributed by atoms with Gasteiger partial charge in [0, 0.05) is 18.5 Å². The minimum Gasteiger partial charge on any atom is -0.466 e. The lowest BCUT2D eigenvalue weighted by Crippen LogP contribution is -2.37. The van der Waals surface area contributed by atoms with E-state index in [9.17, 15) is 14.7 Å². The Balaban J connectivity index is 1.41. The van der Waals surface area contributed by atoms with Gasteiger partial charge < -0.3 is 19.7 Å². The van der Waals surface area contributed by atoms with E-state index < -0.39 is 6.04 Å². The van der Waals surface area contributed by atoms with E-state index in [-0.39, 0.29) is 30.3 Å². The first kappa shape index (κ1) is 35.9. The number of aliphatic hydroxyl groups is 1. The number of hydrogen-bond acceptors (Lipinski definition) is 5. The molecule has 1 heterocycles. The topological polar surface area (TPSA) is 93.5 Å². The van der Waals surface area contributed by atoms with Crippen molar-refractivity contribution in [2.75, 3.05) is 13.7 Å². The average Bonchev–Trinajstić information content (AvgIpc) is 3.75. The van der Waals surface area contributed by atoms with Crippen molar-refractivity contribution in [1.82, 2.24) is 14.9 Å². The molecule has 3 aromatic rings. The van der Waals surface area contributed by atoms with E-state index in [4.69, 9.17) is 21.3 Å². The number of hydrogen-bond donors (Lipinski definition) is 2. The Kier molecular flexibility index (Phi) is 13.3. The third-order valence-electron chi connectivity index (χ3n) is 10.3. The number of carbonyl (C=O) groups excluding carboxylic acids is 2. The van der Waals surface area contributed by atoms with Gasteiger partial charge in [-0.25, -0.2) is 9.78 Å². The van der Waals surface area contributed by atoms with Crippen LogP contribution in [0.3, 0.4) is 0 Å². The molecule has 0 radical (unpaired) electrons. The van der Waals surface area contributed by atoms with Crippen LogP contribution in [-0.4, -0.2) is 40.3 Å². The Bertz CT molecular complexity index is 1510. The average molecular weight is 674 g/mol. The van der Waals surface area contributed by atoms with Crippen molar-refractivity contribution >= 4 is 29.6 Å². The summed E-state index contributed by atoms with van der Waals surface area (Å²) in [7, 11) is 1.44. The lowest BCUT2D eigenvalue weighted by Gasteiger charge is -2.26. The monoisotopic (exact) mass is 673 g/mol. The van der Waals surface area contributed by atoms with E-state index >= 15 is 0 Å². The predicted molar refractivity (Wildman–Crippen MR) is 192 cm³/mol. The Labute approximate surface area is 291 Å². The number of unbranched alkanes of at least 4 members (excludes halogenated alkanes) is 1. The summed E-state index contributed by atoms with van der Waals surface area (Å²) in [5, 5.41) is 13.7. The molecule has 2 N–H and O–H groups in total. The number of ether oxygens (including phenoxy) is 1. The SMILES string of the molecule is CCCCc1nc(Cl)c(/C=C(\CC2CCCCC2)C(=O)OC)n1Cc1ccc(C(C(=O)NC(CO)c2ccccc2)C2CCCC2)cc1. The Morgan fingerprint density at radius 2 is 1.69 bits per heavy atom. The van der Waals surface area contributed by atoms with Crippen LogP contribution in [0.25, 0.3) is 6.08 Å². The number of rotatable bonds is 15. The Morgan fingerprint density at radius 1 is 1.00 bits per heavy atom. The van der Waals surface area contributed by atoms with Crippen LogP contribution in [0, 0.1) is 11.8 Å². The zero-order valence-electron chi connectivity index (χ0n) is 28.6. The van der Waals surface area contributed by atoms with Crippen LogP contribution in [0.5, 0.6) is 0 Å². The lowest BCUT2D eigenvalue weighted by molar-refractivity contribution is -0.136. The number of aryl methyl sites for hydroxylation is 1. The molecule has 7 nitrogen and oxygen atoms in total. The summed E-state index contributed by atoms with van der Waals surface area (Å²) < 4.78 is 7.37. The lowest BCUT2D eigenvalue weighted by atomic mass is 9.83. The summed E-state index contributed by atoms with van der Waals surface area (Å²) in [4.78, 5) is 31.6. The van der Waals surface area contributed by atoms with Crippen molar-refractivity contribution in [3.05, 3.63) is 93.5 Å². The van der Waals surface area contributed by atoms with Crippen LogP contribution >= 0.6 is 11.6 Å². The molecule has 2 aromatic carbocycles. The van der Waals surface area contributed by atoms with Gasteiger partial charge in [-0.1, -0.05) is 124 Å². The molecule has 2 unspecified atom stereocenters. The largest absolute Gasteiger partial charge is 0.466 e. The number of nitrogens with one attached hydrogen (secondary N) is 1. The van der Waals surface area contributed by atoms with Gasteiger partial charge in [-0.05, 0) is 60.3 Å². The fraction of sp³-hybridized carbons (Fsp3) is 0.525. The highest BCUT2D eigenvalue weighted by atomic mass is 35.5. The third-order valence-corrected chi connectivity index (χ3v) is 10.6. The summed E-state index contributed by atoms with van der Waals surface area (Å²) in [6, 6.07) is 17.6. The van der Waals surface area contributed by atoms with E-state index in [0.29, 0.717) is 29.6 Å². The number of imidazole rings is 1. The number of halogens is 1. The first-order valence-corrected chi connectivity index (χ1v) is 18.4. The fourth-order valence-electron chi connectivity index (χ4n) is 7.64. The second-order valence-electron chi connectivity index (χ2n) is 13.7. The fourth-order valence-corrected chi connectivity index (χ4v) is 7.90. The molecule has 2 saturated carbocycles. The molecule has 2 aliphatic rings. The molecule has 5 rings (SSSR count). The second-order valence-corrected chi connectivity index (χ2v) is 14.0. The standard InChI is InChI=1S/C40H52ClN3O4/c1-3-4-19-36-43-38(41)35(25-33(40(47)48-2)24-28-13-7-5-8-14-28)44(36)26-29-20-22-32(23-21-29)37(31-17-11-12-18-31)39(46)42-34(27-45)30-15-9-6-10-16-30/h6,9-10,15-16,20-23,25,28,31,34,37,45H,3-5,7-8,11-14,17-19,24,26-27H2,1-2H3,(H,42,46)/b33-25+. The zero-order valence-corrected chi connectivity index (χ0v) is 29.4. The van der Waals surface area contributed by atoms with Gasteiger partial charge in [-0.3, -0.25) is 4.79 Å². The molecule has 0 bridgehead atoms. The number of aliphatic hydroxyl groups excluding tert-OH is 1. The maximum Gasteiger partial charge on any atom is 0.333 e. The molecule has 8 heteroatoms. The molecular weight excluding hydrogens is 622 g/mol. The highest BCUT2D eigenvalue weighted by Crippen LogP contribution is 2.38. The Morgan fingerprint density at radius 3 is 2.33 bits per heavy atom. The normalized spacial score (nSPS) is 17.3. The minimum absolute atomic E-state index is 0.0403. The molecule has 258 valence electrons. The molecule has 2 aliphatic carbocycles. The molecule has 2 atom stereocenters. The maximum atomic E-state index is 13.9. The number of carbonyl (C=O) groups is 2. The molecule has 2 fully saturated rings. The van der Waals surface area contributed by atoms with Crippen molar-refractivity contribution in [1.29, 1.82) is 0 Å². The van der Waals surface area contributed by atoms with E-state index in [1.54, 1.807) is 0 Å². The summed E-state index contributed by atoms with van der Waals surface area (Å²) in [5.74, 6) is 0.993. The van der Waals surface area contributed by atoms with Crippen molar-refractivity contribution in [3.63, 3.8) is 0 Å². The quantitative estimate of drug-likeness (QED) is 0.125. The number of esters is 1. The van der Waals surface area contributed by atoms with Gasteiger partial charge in [-0.2, -0.15) is 0 Å². The summed E-state index contributed by atoms with van der Waals surface area (Å²) in [5.41, 5.74) is 4.33. The molecule has 1 amide bonds. The first-order chi connectivity index (χ1) is 23.4. The molecule has 0 aliphatic heterocycles. The number of nitrogens with zero attached hydrogens (tertiary/aromatic N) is 2. The van der Waals surface area contributed by atoms with Crippen LogP contribution in [0.2, 0.25) is 5.15 Å². The van der Waals surface area contributed by atoms with Gasteiger partial charge in [0.25, 0.3) is 0 Å². The van der Waals surface area contributed by atoms with E-state index in [1.807, 2.05) is 36.4 Å². The molecule has 48 heavy (non-hydrogen) atoms. The first-order valence-electron chi connectivity index (χ1n) is 18.0. The van der Waals surface area contributed by atoms with Crippen LogP contribution in [-0.2, 0) is 27.3 Å². The Hall–Kier alpha value is -3.42. The van der Waals surface area contributed by atoms with Crippen molar-refractivity contribution in [3.8, 4) is 0 Å². The number of amides is 1. The highest BCUT2D eigenvalue weighted by molar-refractivity contribution is 6.30. The number of aromatic nitrogens is 2. The van der Waals surface area contributed by atoms with Crippen LogP contribution in [0.1, 0.15) is 124 Å². The van der Waals surface area contributed by atoms with Crippen molar-refractivity contribution in [2.45, 2.75) is 109 Å². The van der Waals surface area contributed by atoms with Gasteiger partial charge in [0.2, 0.25) is 5.91 Å². The van der Waals surface area contributed by atoms with Gasteiger partial charge >= 0.3 is 5.97 Å². The van der Waals surface area contributed by atoms with Crippen LogP contribution in [0.4, 0.5) is 0 Å². The van der Waals surface area contributed by atoms with Gasteiger partial charge in [0.05, 0.1) is 31.4 Å². The van der Waals surface area contributed by atoms with E-state index in [0.717, 1.165) is 86.0 Å².